The maximum absolute atomic E-state index is 14.4. The third-order valence-electron chi connectivity index (χ3n) is 4.47. The summed E-state index contributed by atoms with van der Waals surface area (Å²) in [7, 11) is 1.60. The Morgan fingerprint density at radius 2 is 1.95 bits per heavy atom. The van der Waals surface area contributed by atoms with E-state index in [4.69, 9.17) is 16.2 Å². The van der Waals surface area contributed by atoms with E-state index in [0.717, 1.165) is 6.07 Å². The molecular formula is C15H21F2N3OS. The molecule has 0 radical (unpaired) electrons. The summed E-state index contributed by atoms with van der Waals surface area (Å²) >= 11 is 1.39. The summed E-state index contributed by atoms with van der Waals surface area (Å²) in [6.07, 6.45) is 0. The zero-order valence-corrected chi connectivity index (χ0v) is 13.9. The zero-order valence-electron chi connectivity index (χ0n) is 13.1. The van der Waals surface area contributed by atoms with Crippen LogP contribution >= 0.6 is 11.8 Å². The highest BCUT2D eigenvalue weighted by molar-refractivity contribution is 8.15. The van der Waals surface area contributed by atoms with Gasteiger partial charge in [0.2, 0.25) is 0 Å². The van der Waals surface area contributed by atoms with E-state index >= 15 is 0 Å². The van der Waals surface area contributed by atoms with E-state index in [1.807, 2.05) is 13.8 Å². The van der Waals surface area contributed by atoms with Gasteiger partial charge in [-0.05, 0) is 26.0 Å². The molecule has 0 bridgehead atoms. The van der Waals surface area contributed by atoms with Gasteiger partial charge in [-0.3, -0.25) is 4.99 Å². The number of hydrogen-bond donors (Lipinski definition) is 2. The van der Waals surface area contributed by atoms with Crippen LogP contribution < -0.4 is 11.5 Å². The second kappa shape index (κ2) is 5.70. The molecule has 1 unspecified atom stereocenters. The molecule has 1 aliphatic heterocycles. The van der Waals surface area contributed by atoms with Crippen LogP contribution in [0, 0.1) is 17.6 Å². The van der Waals surface area contributed by atoms with E-state index in [-0.39, 0.29) is 17.2 Å². The van der Waals surface area contributed by atoms with Crippen LogP contribution in [0.5, 0.6) is 0 Å². The van der Waals surface area contributed by atoms with Gasteiger partial charge in [-0.25, -0.2) is 8.78 Å². The van der Waals surface area contributed by atoms with E-state index in [2.05, 4.69) is 4.99 Å². The summed E-state index contributed by atoms with van der Waals surface area (Å²) in [5, 5.41) is 0.322. The molecule has 0 fully saturated rings. The molecule has 4 N–H and O–H groups in total. The predicted octanol–water partition coefficient (Wildman–Crippen LogP) is 2.86. The topological polar surface area (TPSA) is 73.6 Å². The van der Waals surface area contributed by atoms with Crippen molar-refractivity contribution in [2.45, 2.75) is 31.1 Å². The van der Waals surface area contributed by atoms with E-state index < -0.39 is 21.9 Å². The van der Waals surface area contributed by atoms with Crippen LogP contribution in [-0.4, -0.2) is 23.6 Å². The Labute approximate surface area is 133 Å². The first-order valence-electron chi connectivity index (χ1n) is 6.92. The minimum atomic E-state index is -1.02. The average Bonchev–Trinajstić information content (AvgIpc) is 2.40. The number of halogens is 2. The number of amidine groups is 1. The van der Waals surface area contributed by atoms with Gasteiger partial charge in [0.25, 0.3) is 0 Å². The molecule has 22 heavy (non-hydrogen) atoms. The number of thioether (sulfide) groups is 1. The van der Waals surface area contributed by atoms with E-state index in [9.17, 15) is 8.78 Å². The molecular weight excluding hydrogens is 308 g/mol. The minimum Gasteiger partial charge on any atom is -0.399 e. The number of anilines is 1. The highest BCUT2D eigenvalue weighted by atomic mass is 32.2. The molecule has 0 spiro atoms. The summed E-state index contributed by atoms with van der Waals surface area (Å²) in [5.74, 6) is -2.08. The number of rotatable bonds is 3. The Morgan fingerprint density at radius 1 is 1.32 bits per heavy atom. The largest absolute Gasteiger partial charge is 0.399 e. The van der Waals surface area contributed by atoms with Gasteiger partial charge >= 0.3 is 0 Å². The third kappa shape index (κ3) is 2.67. The van der Waals surface area contributed by atoms with Crippen molar-refractivity contribution in [3.63, 3.8) is 0 Å². The number of nitrogen functional groups attached to an aromatic ring is 1. The molecule has 1 heterocycles. The van der Waals surface area contributed by atoms with Crippen LogP contribution in [0.25, 0.3) is 0 Å². The van der Waals surface area contributed by atoms with Crippen LogP contribution in [0.1, 0.15) is 26.3 Å². The number of ether oxygens (including phenoxy) is 1. The second-order valence-electron chi connectivity index (χ2n) is 6.03. The maximum Gasteiger partial charge on any atom is 0.164 e. The van der Waals surface area contributed by atoms with Gasteiger partial charge in [0, 0.05) is 29.0 Å². The third-order valence-corrected chi connectivity index (χ3v) is 5.70. The smallest absolute Gasteiger partial charge is 0.164 e. The number of nitrogens with zero attached hydrogens (tertiary/aromatic N) is 1. The molecule has 0 aliphatic carbocycles. The number of aliphatic imine (C=N–C) groups is 1. The zero-order chi connectivity index (χ0) is 16.7. The summed E-state index contributed by atoms with van der Waals surface area (Å²) in [5.41, 5.74) is 10.9. The fourth-order valence-corrected chi connectivity index (χ4v) is 4.28. The van der Waals surface area contributed by atoms with Crippen molar-refractivity contribution in [2.75, 3.05) is 19.5 Å². The van der Waals surface area contributed by atoms with Crippen molar-refractivity contribution in [3.05, 3.63) is 29.3 Å². The van der Waals surface area contributed by atoms with Crippen LogP contribution in [0.2, 0.25) is 0 Å². The SMILES string of the molecule is COC[C@@]1(C)SC(N)=N[C@](C)(c2cc(N)cc(F)c2F)C1C. The van der Waals surface area contributed by atoms with Gasteiger partial charge in [-0.1, -0.05) is 18.7 Å². The molecule has 3 atom stereocenters. The minimum absolute atomic E-state index is 0.114. The summed E-state index contributed by atoms with van der Waals surface area (Å²) < 4.78 is 33.0. The van der Waals surface area contributed by atoms with Gasteiger partial charge < -0.3 is 16.2 Å². The molecule has 7 heteroatoms. The maximum atomic E-state index is 14.4. The lowest BCUT2D eigenvalue weighted by Gasteiger charge is -2.47. The monoisotopic (exact) mass is 329 g/mol. The summed E-state index contributed by atoms with van der Waals surface area (Å²) in [6.45, 7) is 6.07. The van der Waals surface area contributed by atoms with Crippen molar-refractivity contribution in [2.24, 2.45) is 16.6 Å². The number of nitrogens with two attached hydrogens (primary N) is 2. The summed E-state index contributed by atoms with van der Waals surface area (Å²) in [6, 6.07) is 2.39. The van der Waals surface area contributed by atoms with Gasteiger partial charge in [0.1, 0.15) is 0 Å². The van der Waals surface area contributed by atoms with Gasteiger partial charge in [0.05, 0.1) is 12.1 Å². The Morgan fingerprint density at radius 3 is 2.55 bits per heavy atom. The second-order valence-corrected chi connectivity index (χ2v) is 7.59. The number of benzene rings is 1. The van der Waals surface area contributed by atoms with Crippen molar-refractivity contribution in [1.82, 2.24) is 0 Å². The fraction of sp³-hybridized carbons (Fsp3) is 0.533. The predicted molar refractivity (Wildman–Crippen MR) is 86.8 cm³/mol. The van der Waals surface area contributed by atoms with Crippen molar-refractivity contribution in [1.29, 1.82) is 0 Å². The van der Waals surface area contributed by atoms with Gasteiger partial charge in [-0.2, -0.15) is 0 Å². The molecule has 122 valence electrons. The van der Waals surface area contributed by atoms with E-state index in [1.54, 1.807) is 14.0 Å². The molecule has 4 nitrogen and oxygen atoms in total. The van der Waals surface area contributed by atoms with E-state index in [1.165, 1.54) is 17.8 Å². The number of hydrogen-bond acceptors (Lipinski definition) is 5. The molecule has 0 saturated carbocycles. The first-order chi connectivity index (χ1) is 10.1. The van der Waals surface area contributed by atoms with Crippen LogP contribution in [-0.2, 0) is 10.3 Å². The van der Waals surface area contributed by atoms with Crippen LogP contribution in [0.4, 0.5) is 14.5 Å². The Hall–Kier alpha value is -1.34. The van der Waals surface area contributed by atoms with Crippen LogP contribution in [0.15, 0.2) is 17.1 Å². The van der Waals surface area contributed by atoms with Gasteiger partial charge in [-0.15, -0.1) is 0 Å². The molecule has 1 aliphatic rings. The first kappa shape index (κ1) is 17.0. The van der Waals surface area contributed by atoms with Gasteiger partial charge in [0.15, 0.2) is 16.8 Å². The molecule has 0 aromatic heterocycles. The Bertz CT molecular complexity index is 625. The van der Waals surface area contributed by atoms with Crippen molar-refractivity contribution >= 4 is 22.6 Å². The average molecular weight is 329 g/mol. The Kier molecular flexibility index (Phi) is 4.41. The van der Waals surface area contributed by atoms with Crippen molar-refractivity contribution < 1.29 is 13.5 Å². The lowest BCUT2D eigenvalue weighted by atomic mass is 9.74. The summed E-state index contributed by atoms with van der Waals surface area (Å²) in [4.78, 5) is 4.43. The highest BCUT2D eigenvalue weighted by Gasteiger charge is 2.50. The molecule has 1 aromatic rings. The quantitative estimate of drug-likeness (QED) is 0.836. The lowest BCUT2D eigenvalue weighted by Crippen LogP contribution is -2.50. The lowest BCUT2D eigenvalue weighted by molar-refractivity contribution is 0.124. The molecule has 1 aromatic carbocycles. The molecule has 0 amide bonds. The molecule has 0 saturated heterocycles. The number of methoxy groups -OCH3 is 1. The van der Waals surface area contributed by atoms with Crippen molar-refractivity contribution in [3.8, 4) is 0 Å². The first-order valence-corrected chi connectivity index (χ1v) is 7.74. The fourth-order valence-electron chi connectivity index (χ4n) is 2.98. The highest BCUT2D eigenvalue weighted by Crippen LogP contribution is 2.50. The van der Waals surface area contributed by atoms with E-state index in [0.29, 0.717) is 11.8 Å². The molecule has 2 rings (SSSR count). The normalized spacial score (nSPS) is 31.9. The Balaban J connectivity index is 2.64. The van der Waals surface area contributed by atoms with Crippen LogP contribution in [0.3, 0.4) is 0 Å². The standard InChI is InChI=1S/C15H21F2N3OS/c1-8-14(2,7-21-4)22-13(19)20-15(8,3)10-5-9(18)6-11(16)12(10)17/h5-6,8H,7,18H2,1-4H3,(H2,19,20)/t8?,14-,15+/m1/s1.